The lowest BCUT2D eigenvalue weighted by atomic mass is 9.69. The number of rotatable bonds is 6. The first-order valence-electron chi connectivity index (χ1n) is 11.8. The molecule has 2 aromatic rings. The number of nitrogens with one attached hydrogen (secondary N) is 3. The van der Waals surface area contributed by atoms with Gasteiger partial charge in [-0.05, 0) is 30.4 Å². The summed E-state index contributed by atoms with van der Waals surface area (Å²) < 4.78 is 0. The van der Waals surface area contributed by atoms with Crippen molar-refractivity contribution in [3.05, 3.63) is 103 Å². The van der Waals surface area contributed by atoms with Crippen LogP contribution in [0.15, 0.2) is 85.9 Å². The molecule has 3 heteroatoms. The van der Waals surface area contributed by atoms with Gasteiger partial charge in [0.25, 0.3) is 0 Å². The van der Waals surface area contributed by atoms with Crippen LogP contribution in [0, 0.1) is 12.8 Å². The molecule has 0 amide bonds. The van der Waals surface area contributed by atoms with Crippen molar-refractivity contribution >= 4 is 5.70 Å². The van der Waals surface area contributed by atoms with Gasteiger partial charge >= 0.3 is 0 Å². The molecule has 0 bridgehead atoms. The first-order valence-corrected chi connectivity index (χ1v) is 11.8. The molecule has 0 spiro atoms. The highest BCUT2D eigenvalue weighted by Gasteiger charge is 2.33. The van der Waals surface area contributed by atoms with Crippen LogP contribution in [0.3, 0.4) is 0 Å². The Labute approximate surface area is 201 Å². The highest BCUT2D eigenvalue weighted by Crippen LogP contribution is 2.39. The maximum atomic E-state index is 4.33. The smallest absolute Gasteiger partial charge is 0.0958 e. The molecule has 0 atom stereocenters. The van der Waals surface area contributed by atoms with Crippen LogP contribution in [0.5, 0.6) is 0 Å². The lowest BCUT2D eigenvalue weighted by Crippen LogP contribution is -2.39. The molecule has 1 aliphatic heterocycles. The van der Waals surface area contributed by atoms with E-state index in [4.69, 9.17) is 0 Å². The molecule has 33 heavy (non-hydrogen) atoms. The summed E-state index contributed by atoms with van der Waals surface area (Å²) in [7, 11) is 0. The van der Waals surface area contributed by atoms with E-state index >= 15 is 0 Å². The Morgan fingerprint density at radius 1 is 0.970 bits per heavy atom. The molecular weight excluding hydrogens is 402 g/mol. The Balaban J connectivity index is 0.000000362. The maximum Gasteiger partial charge on any atom is 0.0958 e. The molecular formula is C30H39N3. The van der Waals surface area contributed by atoms with Gasteiger partial charge in [0.2, 0.25) is 0 Å². The molecule has 3 N–H and O–H groups in total. The summed E-state index contributed by atoms with van der Waals surface area (Å²) in [6, 6.07) is 19.7. The highest BCUT2D eigenvalue weighted by molar-refractivity contribution is 5.65. The van der Waals surface area contributed by atoms with Crippen LogP contribution in [-0.4, -0.2) is 13.1 Å². The van der Waals surface area contributed by atoms with Crippen molar-refractivity contribution in [1.29, 1.82) is 0 Å². The first-order chi connectivity index (χ1) is 16.0. The van der Waals surface area contributed by atoms with Crippen LogP contribution < -0.4 is 16.0 Å². The van der Waals surface area contributed by atoms with Crippen molar-refractivity contribution in [2.75, 3.05) is 13.1 Å². The number of benzene rings is 2. The fourth-order valence-corrected chi connectivity index (χ4v) is 4.60. The third-order valence-corrected chi connectivity index (χ3v) is 6.40. The third-order valence-electron chi connectivity index (χ3n) is 6.40. The molecule has 3 nitrogen and oxygen atoms in total. The standard InChI is InChI=1S/C23H29N.C5H8N2.C2H2/c1-3-20-12-8-9-15-22(20)19(2)24-18-23(16-10-5-11-17-23)21-13-6-4-7-14-21;1-4-3-6-5(2)7-4;1-2/h4,6-9,12-15,24H,2-3,5,10-11,16-18H2,1H3;6-7H,1-3H2;1-2H. The van der Waals surface area contributed by atoms with Crippen LogP contribution in [0.2, 0.25) is 0 Å². The summed E-state index contributed by atoms with van der Waals surface area (Å²) in [5, 5.41) is 9.57. The van der Waals surface area contributed by atoms with E-state index < -0.39 is 0 Å². The number of hydrogen-bond acceptors (Lipinski definition) is 3. The Hall–Kier alpha value is -3.38. The average Bonchev–Trinajstić information content (AvgIpc) is 3.27. The van der Waals surface area contributed by atoms with E-state index in [1.807, 2.05) is 0 Å². The zero-order valence-electron chi connectivity index (χ0n) is 20.1. The molecule has 1 saturated heterocycles. The second-order valence-corrected chi connectivity index (χ2v) is 8.61. The Kier molecular flexibility index (Phi) is 10.4. The fourth-order valence-electron chi connectivity index (χ4n) is 4.60. The summed E-state index contributed by atoms with van der Waals surface area (Å²) in [4.78, 5) is 0. The molecule has 2 aliphatic rings. The van der Waals surface area contributed by atoms with Gasteiger partial charge in [-0.3, -0.25) is 0 Å². The predicted octanol–water partition coefficient (Wildman–Crippen LogP) is 6.12. The lowest BCUT2D eigenvalue weighted by molar-refractivity contribution is 0.290. The van der Waals surface area contributed by atoms with Gasteiger partial charge in [-0.2, -0.15) is 0 Å². The van der Waals surface area contributed by atoms with Crippen LogP contribution in [0.4, 0.5) is 0 Å². The minimum Gasteiger partial charge on any atom is -0.384 e. The van der Waals surface area contributed by atoms with Crippen molar-refractivity contribution < 1.29 is 0 Å². The molecule has 1 aliphatic carbocycles. The van der Waals surface area contributed by atoms with Gasteiger partial charge in [-0.25, -0.2) is 0 Å². The zero-order chi connectivity index (χ0) is 24.1. The topological polar surface area (TPSA) is 36.1 Å². The zero-order valence-corrected chi connectivity index (χ0v) is 20.1. The average molecular weight is 442 g/mol. The van der Waals surface area contributed by atoms with Crippen molar-refractivity contribution in [3.8, 4) is 12.8 Å². The SMILES string of the molecule is C#C.C=C(NCC1(c2ccccc2)CCCCC1)c1ccccc1CC.C=C1CNC(=C)N1. The third kappa shape index (κ3) is 7.32. The van der Waals surface area contributed by atoms with E-state index in [9.17, 15) is 0 Å². The normalized spacial score (nSPS) is 16.1. The van der Waals surface area contributed by atoms with Crippen LogP contribution in [0.25, 0.3) is 5.70 Å². The molecule has 0 radical (unpaired) electrons. The minimum atomic E-state index is 0.254. The van der Waals surface area contributed by atoms with Crippen LogP contribution >= 0.6 is 0 Å². The van der Waals surface area contributed by atoms with E-state index in [1.54, 1.807) is 0 Å². The predicted molar refractivity (Wildman–Crippen MR) is 143 cm³/mol. The van der Waals surface area contributed by atoms with Gasteiger partial charge < -0.3 is 16.0 Å². The Morgan fingerprint density at radius 3 is 2.15 bits per heavy atom. The molecule has 174 valence electrons. The molecule has 2 aromatic carbocycles. The summed E-state index contributed by atoms with van der Waals surface area (Å²) in [5.41, 5.74) is 6.42. The van der Waals surface area contributed by atoms with E-state index in [1.165, 1.54) is 48.8 Å². The summed E-state index contributed by atoms with van der Waals surface area (Å²) in [6.45, 7) is 15.6. The fraction of sp³-hybridized carbons (Fsp3) is 0.333. The van der Waals surface area contributed by atoms with Crippen molar-refractivity contribution in [2.45, 2.75) is 50.9 Å². The molecule has 0 unspecified atom stereocenters. The number of aryl methyl sites for hydroxylation is 1. The van der Waals surface area contributed by atoms with Gasteiger partial charge in [0.1, 0.15) is 0 Å². The van der Waals surface area contributed by atoms with E-state index in [0.717, 1.165) is 36.7 Å². The maximum absolute atomic E-state index is 4.33. The van der Waals surface area contributed by atoms with Crippen LogP contribution in [-0.2, 0) is 11.8 Å². The summed E-state index contributed by atoms with van der Waals surface area (Å²) in [6.07, 6.45) is 15.6. The molecule has 4 rings (SSSR count). The van der Waals surface area contributed by atoms with E-state index in [2.05, 4.69) is 110 Å². The van der Waals surface area contributed by atoms with Gasteiger partial charge in [0.05, 0.1) is 12.4 Å². The van der Waals surface area contributed by atoms with Gasteiger partial charge in [-0.15, -0.1) is 12.8 Å². The van der Waals surface area contributed by atoms with Gasteiger partial charge in [-0.1, -0.05) is 101 Å². The Bertz CT molecular complexity index is 919. The second-order valence-electron chi connectivity index (χ2n) is 8.61. The highest BCUT2D eigenvalue weighted by atomic mass is 15.2. The van der Waals surface area contributed by atoms with Crippen LogP contribution in [0.1, 0.15) is 55.7 Å². The van der Waals surface area contributed by atoms with E-state index in [-0.39, 0.29) is 5.41 Å². The van der Waals surface area contributed by atoms with Crippen molar-refractivity contribution in [1.82, 2.24) is 16.0 Å². The summed E-state index contributed by atoms with van der Waals surface area (Å²) >= 11 is 0. The van der Waals surface area contributed by atoms with Gasteiger partial charge in [0.15, 0.2) is 0 Å². The Morgan fingerprint density at radius 2 is 1.61 bits per heavy atom. The molecule has 2 fully saturated rings. The van der Waals surface area contributed by atoms with Crippen molar-refractivity contribution in [2.24, 2.45) is 0 Å². The van der Waals surface area contributed by atoms with Crippen molar-refractivity contribution in [3.63, 3.8) is 0 Å². The number of terminal acetylenes is 1. The molecule has 1 saturated carbocycles. The number of hydrogen-bond donors (Lipinski definition) is 3. The second kappa shape index (κ2) is 13.2. The largest absolute Gasteiger partial charge is 0.384 e. The van der Waals surface area contributed by atoms with E-state index in [0.29, 0.717) is 0 Å². The monoisotopic (exact) mass is 441 g/mol. The quantitative estimate of drug-likeness (QED) is 0.472. The minimum absolute atomic E-state index is 0.254. The lowest BCUT2D eigenvalue weighted by Gasteiger charge is -2.38. The summed E-state index contributed by atoms with van der Waals surface area (Å²) in [5.74, 6) is 0.852. The van der Waals surface area contributed by atoms with Gasteiger partial charge in [0, 0.05) is 28.9 Å². The first kappa shape index (κ1) is 25.9. The molecule has 1 heterocycles. The molecule has 0 aromatic heterocycles.